The van der Waals surface area contributed by atoms with Crippen molar-refractivity contribution < 1.29 is 23.2 Å². The summed E-state index contributed by atoms with van der Waals surface area (Å²) in [6.07, 6.45) is 2.23. The smallest absolute Gasteiger partial charge is 0.410 e. The summed E-state index contributed by atoms with van der Waals surface area (Å²) < 4.78 is 33.5. The quantitative estimate of drug-likeness (QED) is 0.721. The first-order valence-corrected chi connectivity index (χ1v) is 10.8. The number of carbonyl (C=O) groups excluding carboxylic acids is 2. The highest BCUT2D eigenvalue weighted by atomic mass is 16.6. The molecule has 0 aromatic heterocycles. The second kappa shape index (κ2) is 8.86. The normalized spacial score (nSPS) is 24.8. The van der Waals surface area contributed by atoms with Crippen LogP contribution in [0.3, 0.4) is 0 Å². The number of piperidine rings is 1. The largest absolute Gasteiger partial charge is 0.496 e. The van der Waals surface area contributed by atoms with Crippen LogP contribution in [0.25, 0.3) is 0 Å². The first-order chi connectivity index (χ1) is 15.3. The van der Waals surface area contributed by atoms with Crippen LogP contribution in [0.1, 0.15) is 68.2 Å². The molecule has 2 aliphatic heterocycles. The lowest BCUT2D eigenvalue weighted by Gasteiger charge is -2.38. The minimum atomic E-state index is -2.55. The maximum Gasteiger partial charge on any atom is 0.410 e. The summed E-state index contributed by atoms with van der Waals surface area (Å²) in [5.41, 5.74) is 0.993. The molecule has 2 saturated heterocycles. The zero-order valence-electron chi connectivity index (χ0n) is 21.7. The highest BCUT2D eigenvalue weighted by Gasteiger charge is 2.44. The van der Waals surface area contributed by atoms with Crippen LogP contribution in [0.5, 0.6) is 5.75 Å². The van der Waals surface area contributed by atoms with Gasteiger partial charge in [0.05, 0.1) is 17.2 Å². The van der Waals surface area contributed by atoms with Gasteiger partial charge in [0.25, 0.3) is 0 Å². The van der Waals surface area contributed by atoms with Crippen molar-refractivity contribution in [2.45, 2.75) is 65.5 Å². The van der Waals surface area contributed by atoms with E-state index in [-0.39, 0.29) is 24.0 Å². The molecule has 166 valence electrons. The molecule has 0 bridgehead atoms. The van der Waals surface area contributed by atoms with Crippen molar-refractivity contribution in [3.8, 4) is 5.75 Å². The van der Waals surface area contributed by atoms with Gasteiger partial charge in [0.2, 0.25) is 5.91 Å². The van der Waals surface area contributed by atoms with Crippen LogP contribution >= 0.6 is 0 Å². The van der Waals surface area contributed by atoms with Gasteiger partial charge in [-0.2, -0.15) is 0 Å². The van der Waals surface area contributed by atoms with E-state index in [1.54, 1.807) is 24.0 Å². The van der Waals surface area contributed by atoms with Crippen molar-refractivity contribution in [3.05, 3.63) is 29.3 Å². The molecule has 2 amide bonds. The molecule has 0 spiro atoms. The van der Waals surface area contributed by atoms with Gasteiger partial charge >= 0.3 is 6.09 Å². The third-order valence-electron chi connectivity index (χ3n) is 6.42. The summed E-state index contributed by atoms with van der Waals surface area (Å²) in [7, 11) is -2.55. The third-order valence-corrected chi connectivity index (χ3v) is 6.42. The zero-order valence-corrected chi connectivity index (χ0v) is 18.7. The second-order valence-corrected chi connectivity index (χ2v) is 9.49. The molecule has 0 radical (unpaired) electrons. The van der Waals surface area contributed by atoms with E-state index in [0.29, 0.717) is 18.2 Å². The number of ether oxygens (including phenoxy) is 2. The highest BCUT2D eigenvalue weighted by molar-refractivity contribution is 5.73. The van der Waals surface area contributed by atoms with E-state index >= 15 is 0 Å². The SMILES string of the molecule is [2H]C([2H])([2H])Oc1cccc([C@@H]2C(C3CCN(C(C)=O)CC3)CCN2C(=O)OC(C)(C)C)c1C. The molecule has 2 atom stereocenters. The number of nitrogens with zero attached hydrogens (tertiary/aromatic N) is 2. The fraction of sp³-hybridized carbons (Fsp3) is 0.667. The summed E-state index contributed by atoms with van der Waals surface area (Å²) in [6.45, 7) is 11.0. The number of hydrogen-bond donors (Lipinski definition) is 0. The lowest BCUT2D eigenvalue weighted by molar-refractivity contribution is -0.130. The third kappa shape index (κ3) is 4.73. The van der Waals surface area contributed by atoms with Crippen LogP contribution in [-0.4, -0.2) is 54.1 Å². The molecule has 0 aliphatic carbocycles. The van der Waals surface area contributed by atoms with Gasteiger partial charge in [-0.25, -0.2) is 4.79 Å². The van der Waals surface area contributed by atoms with E-state index in [0.717, 1.165) is 43.5 Å². The van der Waals surface area contributed by atoms with Gasteiger partial charge in [0.1, 0.15) is 11.4 Å². The molecule has 0 saturated carbocycles. The van der Waals surface area contributed by atoms with Gasteiger partial charge in [-0.05, 0) is 76.0 Å². The van der Waals surface area contributed by atoms with E-state index in [1.165, 1.54) is 0 Å². The minimum Gasteiger partial charge on any atom is -0.496 e. The summed E-state index contributed by atoms with van der Waals surface area (Å²) in [4.78, 5) is 28.6. The molecule has 1 aromatic carbocycles. The predicted molar refractivity (Wildman–Crippen MR) is 116 cm³/mol. The number of hydrogen-bond acceptors (Lipinski definition) is 4. The fourth-order valence-corrected chi connectivity index (χ4v) is 4.94. The van der Waals surface area contributed by atoms with Gasteiger partial charge in [-0.15, -0.1) is 0 Å². The Morgan fingerprint density at radius 1 is 1.13 bits per heavy atom. The van der Waals surface area contributed by atoms with Crippen molar-refractivity contribution in [1.29, 1.82) is 0 Å². The van der Waals surface area contributed by atoms with E-state index in [1.807, 2.05) is 38.7 Å². The van der Waals surface area contributed by atoms with Crippen molar-refractivity contribution >= 4 is 12.0 Å². The highest BCUT2D eigenvalue weighted by Crippen LogP contribution is 2.47. The molecule has 6 nitrogen and oxygen atoms in total. The molecule has 2 fully saturated rings. The van der Waals surface area contributed by atoms with Crippen LogP contribution in [0.4, 0.5) is 4.79 Å². The molecule has 30 heavy (non-hydrogen) atoms. The van der Waals surface area contributed by atoms with Crippen LogP contribution < -0.4 is 4.74 Å². The van der Waals surface area contributed by atoms with Gasteiger partial charge in [-0.1, -0.05) is 12.1 Å². The molecule has 1 aromatic rings. The van der Waals surface area contributed by atoms with E-state index in [2.05, 4.69) is 0 Å². The number of likely N-dealkylation sites (tertiary alicyclic amines) is 2. The summed E-state index contributed by atoms with van der Waals surface area (Å²) in [6, 6.07) is 5.14. The summed E-state index contributed by atoms with van der Waals surface area (Å²) in [5.74, 6) is 0.934. The first-order valence-electron chi connectivity index (χ1n) is 12.3. The number of amides is 2. The molecular weight excluding hydrogens is 380 g/mol. The Labute approximate surface area is 184 Å². The van der Waals surface area contributed by atoms with Gasteiger partial charge in [0.15, 0.2) is 0 Å². The van der Waals surface area contributed by atoms with Crippen molar-refractivity contribution in [2.24, 2.45) is 11.8 Å². The summed E-state index contributed by atoms with van der Waals surface area (Å²) >= 11 is 0. The van der Waals surface area contributed by atoms with Crippen molar-refractivity contribution in [2.75, 3.05) is 26.7 Å². The Morgan fingerprint density at radius 2 is 1.83 bits per heavy atom. The van der Waals surface area contributed by atoms with Crippen LogP contribution in [0.2, 0.25) is 0 Å². The standard InChI is InChI=1S/C24H36N2O4/c1-16-19(8-7-9-21(16)29-6)22-20(18-10-13-25(14-11-18)17(2)27)12-15-26(22)23(28)30-24(3,4)5/h7-9,18,20,22H,10-15H2,1-6H3/t20?,22-/m1/s1/i6D3. The Kier molecular flexibility index (Phi) is 5.47. The lowest BCUT2D eigenvalue weighted by Crippen LogP contribution is -2.41. The van der Waals surface area contributed by atoms with E-state index in [4.69, 9.17) is 13.6 Å². The Bertz CT molecular complexity index is 873. The molecule has 6 heteroatoms. The summed E-state index contributed by atoms with van der Waals surface area (Å²) in [5, 5.41) is 0. The number of rotatable bonds is 3. The monoisotopic (exact) mass is 419 g/mol. The van der Waals surface area contributed by atoms with Crippen molar-refractivity contribution in [3.63, 3.8) is 0 Å². The first kappa shape index (κ1) is 18.5. The van der Waals surface area contributed by atoms with Gasteiger partial charge < -0.3 is 19.3 Å². The van der Waals surface area contributed by atoms with E-state index in [9.17, 15) is 9.59 Å². The topological polar surface area (TPSA) is 59.1 Å². The number of carbonyl (C=O) groups is 2. The Balaban J connectivity index is 1.94. The molecule has 3 rings (SSSR count). The van der Waals surface area contributed by atoms with Crippen molar-refractivity contribution in [1.82, 2.24) is 9.80 Å². The second-order valence-electron chi connectivity index (χ2n) is 9.49. The lowest BCUT2D eigenvalue weighted by atomic mass is 9.77. The van der Waals surface area contributed by atoms with Gasteiger partial charge in [-0.3, -0.25) is 4.79 Å². The molecule has 1 unspecified atom stereocenters. The Morgan fingerprint density at radius 3 is 2.43 bits per heavy atom. The number of methoxy groups -OCH3 is 1. The predicted octanol–water partition coefficient (Wildman–Crippen LogP) is 4.56. The maximum absolute atomic E-state index is 13.2. The average molecular weight is 420 g/mol. The van der Waals surface area contributed by atoms with Gasteiger partial charge in [0, 0.05) is 26.6 Å². The van der Waals surface area contributed by atoms with Crippen LogP contribution in [-0.2, 0) is 9.53 Å². The molecule has 0 N–H and O–H groups in total. The van der Waals surface area contributed by atoms with E-state index < -0.39 is 12.6 Å². The maximum atomic E-state index is 13.2. The number of benzene rings is 1. The Hall–Kier alpha value is -2.24. The van der Waals surface area contributed by atoms with Crippen LogP contribution in [0, 0.1) is 18.8 Å². The zero-order chi connectivity index (χ0) is 24.6. The minimum absolute atomic E-state index is 0.0946. The fourth-order valence-electron chi connectivity index (χ4n) is 4.94. The van der Waals surface area contributed by atoms with Crippen LogP contribution in [0.15, 0.2) is 18.2 Å². The molecular formula is C24H36N2O4. The average Bonchev–Trinajstić information content (AvgIpc) is 3.12. The molecule has 2 aliphatic rings. The molecule has 2 heterocycles.